The highest BCUT2D eigenvalue weighted by atomic mass is 16.5. The second-order valence-electron chi connectivity index (χ2n) is 6.30. The average Bonchev–Trinajstić information content (AvgIpc) is 3.02. The van der Waals surface area contributed by atoms with Gasteiger partial charge in [0.2, 0.25) is 5.91 Å². The second-order valence-corrected chi connectivity index (χ2v) is 6.30. The highest BCUT2D eigenvalue weighted by Crippen LogP contribution is 2.26. The van der Waals surface area contributed by atoms with Gasteiger partial charge in [0, 0.05) is 31.1 Å². The third kappa shape index (κ3) is 3.60. The van der Waals surface area contributed by atoms with Gasteiger partial charge in [-0.15, -0.1) is 0 Å². The van der Waals surface area contributed by atoms with Crippen LogP contribution in [-0.2, 0) is 17.8 Å². The average molecular weight is 344 g/mol. The fraction of sp³-hybridized carbons (Fsp3) is 0.500. The summed E-state index contributed by atoms with van der Waals surface area (Å²) in [6.45, 7) is 3.84. The Morgan fingerprint density at radius 3 is 2.96 bits per heavy atom. The number of piperidine rings is 1. The van der Waals surface area contributed by atoms with Crippen LogP contribution in [0.3, 0.4) is 0 Å². The third-order valence-electron chi connectivity index (χ3n) is 4.78. The Labute approximate surface area is 146 Å². The van der Waals surface area contributed by atoms with Gasteiger partial charge in [0.15, 0.2) is 0 Å². The zero-order chi connectivity index (χ0) is 17.8. The van der Waals surface area contributed by atoms with Crippen LogP contribution < -0.4 is 10.4 Å². The lowest BCUT2D eigenvalue weighted by atomic mass is 9.96. The van der Waals surface area contributed by atoms with Crippen molar-refractivity contribution in [3.63, 3.8) is 0 Å². The number of nitrogens with one attached hydrogen (secondary N) is 1. The summed E-state index contributed by atoms with van der Waals surface area (Å²) in [5.41, 5.74) is 0.706. The number of carbonyl (C=O) groups excluding carboxylic acids is 1. The molecule has 1 amide bonds. The second kappa shape index (κ2) is 7.55. The standard InChI is InChI=1S/C18H24N4O3/c1-3-22-17(19-20-18(22)24)14-8-6-10-21(12-14)16(23)11-13-7-4-5-9-15(13)25-2/h4-5,7,9,14H,3,6,8,10-12H2,1-2H3,(H,20,24)/t14-/m0/s1. The van der Waals surface area contributed by atoms with Crippen LogP contribution in [0.5, 0.6) is 5.75 Å². The topological polar surface area (TPSA) is 80.2 Å². The van der Waals surface area contributed by atoms with Crippen molar-refractivity contribution in [2.45, 2.75) is 38.6 Å². The number of aromatic nitrogens is 3. The maximum Gasteiger partial charge on any atom is 0.343 e. The zero-order valence-electron chi connectivity index (χ0n) is 14.7. The molecule has 1 aromatic carbocycles. The lowest BCUT2D eigenvalue weighted by molar-refractivity contribution is -0.131. The van der Waals surface area contributed by atoms with E-state index in [0.29, 0.717) is 19.5 Å². The van der Waals surface area contributed by atoms with E-state index in [1.54, 1.807) is 11.7 Å². The first-order valence-corrected chi connectivity index (χ1v) is 8.68. The number of H-pyrrole nitrogens is 1. The van der Waals surface area contributed by atoms with Gasteiger partial charge in [0.25, 0.3) is 0 Å². The van der Waals surface area contributed by atoms with Gasteiger partial charge in [0.05, 0.1) is 13.5 Å². The number of ether oxygens (including phenoxy) is 1. The van der Waals surface area contributed by atoms with E-state index in [2.05, 4.69) is 10.2 Å². The number of hydrogen-bond donors (Lipinski definition) is 1. The van der Waals surface area contributed by atoms with E-state index < -0.39 is 0 Å². The Balaban J connectivity index is 1.72. The fourth-order valence-electron chi connectivity index (χ4n) is 3.49. The molecule has 2 heterocycles. The Kier molecular flexibility index (Phi) is 5.21. The number of hydrogen-bond acceptors (Lipinski definition) is 4. The first kappa shape index (κ1) is 17.3. The maximum absolute atomic E-state index is 12.7. The molecule has 1 aromatic heterocycles. The molecule has 0 radical (unpaired) electrons. The Bertz CT molecular complexity index is 796. The van der Waals surface area contributed by atoms with E-state index in [1.807, 2.05) is 36.1 Å². The van der Waals surface area contributed by atoms with Crippen molar-refractivity contribution in [1.82, 2.24) is 19.7 Å². The van der Waals surface area contributed by atoms with Crippen molar-refractivity contribution >= 4 is 5.91 Å². The summed E-state index contributed by atoms with van der Waals surface area (Å²) in [6.07, 6.45) is 2.16. The smallest absolute Gasteiger partial charge is 0.343 e. The molecule has 1 aliphatic heterocycles. The normalized spacial score (nSPS) is 17.5. The first-order valence-electron chi connectivity index (χ1n) is 8.68. The van der Waals surface area contributed by atoms with Gasteiger partial charge in [-0.3, -0.25) is 9.36 Å². The Morgan fingerprint density at radius 1 is 1.40 bits per heavy atom. The molecule has 7 heteroatoms. The van der Waals surface area contributed by atoms with E-state index in [1.165, 1.54) is 0 Å². The van der Waals surface area contributed by atoms with Crippen LogP contribution in [0, 0.1) is 0 Å². The van der Waals surface area contributed by atoms with Crippen LogP contribution >= 0.6 is 0 Å². The summed E-state index contributed by atoms with van der Waals surface area (Å²) in [5.74, 6) is 1.66. The summed E-state index contributed by atoms with van der Waals surface area (Å²) in [4.78, 5) is 26.4. The minimum atomic E-state index is -0.185. The summed E-state index contributed by atoms with van der Waals surface area (Å²) in [5, 5.41) is 6.70. The molecule has 0 aliphatic carbocycles. The fourth-order valence-corrected chi connectivity index (χ4v) is 3.49. The van der Waals surface area contributed by atoms with E-state index in [9.17, 15) is 9.59 Å². The number of nitrogens with zero attached hydrogens (tertiary/aromatic N) is 3. The van der Waals surface area contributed by atoms with E-state index in [0.717, 1.165) is 36.5 Å². The molecule has 0 unspecified atom stereocenters. The molecule has 134 valence electrons. The van der Waals surface area contributed by atoms with Crippen LogP contribution in [-0.4, -0.2) is 45.8 Å². The SMILES string of the molecule is CCn1c([C@H]2CCCN(C(=O)Cc3ccccc3OC)C2)n[nH]c1=O. The van der Waals surface area contributed by atoms with Crippen LogP contribution in [0.15, 0.2) is 29.1 Å². The third-order valence-corrected chi connectivity index (χ3v) is 4.78. The van der Waals surface area contributed by atoms with E-state index in [4.69, 9.17) is 4.74 Å². The van der Waals surface area contributed by atoms with Crippen molar-refractivity contribution in [2.24, 2.45) is 0 Å². The van der Waals surface area contributed by atoms with Crippen molar-refractivity contribution in [1.29, 1.82) is 0 Å². The number of likely N-dealkylation sites (tertiary alicyclic amines) is 1. The van der Waals surface area contributed by atoms with Gasteiger partial charge in [0.1, 0.15) is 11.6 Å². The number of rotatable bonds is 5. The maximum atomic E-state index is 12.7. The molecule has 2 aromatic rings. The molecule has 0 bridgehead atoms. The summed E-state index contributed by atoms with van der Waals surface area (Å²) in [6, 6.07) is 7.59. The van der Waals surface area contributed by atoms with E-state index in [-0.39, 0.29) is 17.5 Å². The summed E-state index contributed by atoms with van der Waals surface area (Å²) >= 11 is 0. The van der Waals surface area contributed by atoms with Gasteiger partial charge in [-0.25, -0.2) is 9.89 Å². The highest BCUT2D eigenvalue weighted by molar-refractivity contribution is 5.79. The molecule has 3 rings (SSSR count). The lowest BCUT2D eigenvalue weighted by Gasteiger charge is -2.32. The number of aromatic amines is 1. The molecule has 7 nitrogen and oxygen atoms in total. The minimum Gasteiger partial charge on any atom is -0.496 e. The molecule has 1 fully saturated rings. The Hall–Kier alpha value is -2.57. The molecule has 0 saturated carbocycles. The van der Waals surface area contributed by atoms with Crippen molar-refractivity contribution in [2.75, 3.05) is 20.2 Å². The van der Waals surface area contributed by atoms with Crippen molar-refractivity contribution < 1.29 is 9.53 Å². The Morgan fingerprint density at radius 2 is 2.20 bits per heavy atom. The first-order chi connectivity index (χ1) is 12.1. The molecule has 0 spiro atoms. The van der Waals surface area contributed by atoms with Crippen molar-refractivity contribution in [3.05, 3.63) is 46.1 Å². The summed E-state index contributed by atoms with van der Waals surface area (Å²) in [7, 11) is 1.61. The largest absolute Gasteiger partial charge is 0.496 e. The molecule has 1 aliphatic rings. The monoisotopic (exact) mass is 344 g/mol. The minimum absolute atomic E-state index is 0.0788. The lowest BCUT2D eigenvalue weighted by Crippen LogP contribution is -2.40. The van der Waals surface area contributed by atoms with Crippen LogP contribution in [0.2, 0.25) is 0 Å². The zero-order valence-corrected chi connectivity index (χ0v) is 14.7. The molecule has 1 atom stereocenters. The van der Waals surface area contributed by atoms with Crippen LogP contribution in [0.4, 0.5) is 0 Å². The predicted molar refractivity (Wildman–Crippen MR) is 93.8 cm³/mol. The number of carbonyl (C=O) groups is 1. The highest BCUT2D eigenvalue weighted by Gasteiger charge is 2.28. The van der Waals surface area contributed by atoms with Gasteiger partial charge >= 0.3 is 5.69 Å². The van der Waals surface area contributed by atoms with Gasteiger partial charge < -0.3 is 9.64 Å². The number of amides is 1. The quantitative estimate of drug-likeness (QED) is 0.892. The summed E-state index contributed by atoms with van der Waals surface area (Å²) < 4.78 is 6.99. The van der Waals surface area contributed by atoms with Crippen LogP contribution in [0.25, 0.3) is 0 Å². The number of para-hydroxylation sites is 1. The molecule has 1 saturated heterocycles. The predicted octanol–water partition coefficient (Wildman–Crippen LogP) is 1.55. The molecular weight excluding hydrogens is 320 g/mol. The van der Waals surface area contributed by atoms with Gasteiger partial charge in [-0.2, -0.15) is 5.10 Å². The van der Waals surface area contributed by atoms with E-state index >= 15 is 0 Å². The number of methoxy groups -OCH3 is 1. The van der Waals surface area contributed by atoms with Crippen LogP contribution in [0.1, 0.15) is 37.1 Å². The molecular formula is C18H24N4O3. The molecule has 25 heavy (non-hydrogen) atoms. The number of benzene rings is 1. The van der Waals surface area contributed by atoms with Crippen molar-refractivity contribution in [3.8, 4) is 5.75 Å². The van der Waals surface area contributed by atoms with Gasteiger partial charge in [-0.1, -0.05) is 18.2 Å². The molecule has 1 N–H and O–H groups in total. The van der Waals surface area contributed by atoms with Gasteiger partial charge in [-0.05, 0) is 25.8 Å².